The van der Waals surface area contributed by atoms with Crippen LogP contribution in [0.4, 0.5) is 0 Å². The molecule has 0 amide bonds. The average Bonchev–Trinajstić information content (AvgIpc) is 2.81. The van der Waals surface area contributed by atoms with Gasteiger partial charge in [-0.2, -0.15) is 0 Å². The molecule has 2 aromatic heterocycles. The highest BCUT2D eigenvalue weighted by molar-refractivity contribution is 5.80. The van der Waals surface area contributed by atoms with Crippen LogP contribution in [0.3, 0.4) is 0 Å². The molecule has 0 saturated carbocycles. The van der Waals surface area contributed by atoms with Crippen molar-refractivity contribution < 1.29 is 0 Å². The van der Waals surface area contributed by atoms with E-state index in [2.05, 4.69) is 53.0 Å². The lowest BCUT2D eigenvalue weighted by molar-refractivity contribution is 0.817. The zero-order chi connectivity index (χ0) is 13.9. The first-order valence-electron chi connectivity index (χ1n) is 6.96. The predicted octanol–water partition coefficient (Wildman–Crippen LogP) is 2.89. The summed E-state index contributed by atoms with van der Waals surface area (Å²) < 4.78 is 2.21. The molecule has 1 aromatic carbocycles. The molecule has 102 valence electrons. The Kier molecular flexibility index (Phi) is 3.52. The topological polar surface area (TPSA) is 43.8 Å². The molecule has 2 N–H and O–H groups in total. The molecule has 20 heavy (non-hydrogen) atoms. The molecule has 0 spiro atoms. The standard InChI is InChI=1S/C17H19N3/c1-13-4-6-14(7-5-13)11-20-12-15(8-9-18)16-3-2-10-19-17(16)20/h2-7,10,12H,8-9,11,18H2,1H3. The van der Waals surface area contributed by atoms with Gasteiger partial charge in [-0.3, -0.25) is 0 Å². The van der Waals surface area contributed by atoms with E-state index < -0.39 is 0 Å². The molecule has 0 fully saturated rings. The minimum atomic E-state index is 0.665. The van der Waals surface area contributed by atoms with E-state index in [1.807, 2.05) is 12.3 Å². The third-order valence-electron chi connectivity index (χ3n) is 3.60. The van der Waals surface area contributed by atoms with Crippen molar-refractivity contribution in [3.63, 3.8) is 0 Å². The van der Waals surface area contributed by atoms with Crippen molar-refractivity contribution in [3.05, 3.63) is 65.5 Å². The van der Waals surface area contributed by atoms with Crippen LogP contribution in [0.1, 0.15) is 16.7 Å². The second kappa shape index (κ2) is 5.47. The molecule has 3 nitrogen and oxygen atoms in total. The first-order chi connectivity index (χ1) is 9.78. The van der Waals surface area contributed by atoms with E-state index in [-0.39, 0.29) is 0 Å². The largest absolute Gasteiger partial charge is 0.330 e. The molecule has 0 aliphatic carbocycles. The Morgan fingerprint density at radius 1 is 1.15 bits per heavy atom. The van der Waals surface area contributed by atoms with Crippen LogP contribution in [-0.4, -0.2) is 16.1 Å². The maximum absolute atomic E-state index is 5.70. The van der Waals surface area contributed by atoms with E-state index in [0.717, 1.165) is 18.6 Å². The lowest BCUT2D eigenvalue weighted by Crippen LogP contribution is -2.02. The zero-order valence-corrected chi connectivity index (χ0v) is 11.7. The molecule has 0 aliphatic rings. The van der Waals surface area contributed by atoms with Gasteiger partial charge in [-0.15, -0.1) is 0 Å². The maximum Gasteiger partial charge on any atom is 0.140 e. The van der Waals surface area contributed by atoms with E-state index in [1.54, 1.807) is 0 Å². The molecular weight excluding hydrogens is 246 g/mol. The average molecular weight is 265 g/mol. The van der Waals surface area contributed by atoms with Gasteiger partial charge in [-0.05, 0) is 43.1 Å². The summed E-state index contributed by atoms with van der Waals surface area (Å²) in [6.45, 7) is 3.62. The number of pyridine rings is 1. The van der Waals surface area contributed by atoms with Crippen molar-refractivity contribution in [2.45, 2.75) is 19.9 Å². The van der Waals surface area contributed by atoms with Crippen LogP contribution in [0.2, 0.25) is 0 Å². The fourth-order valence-electron chi connectivity index (χ4n) is 2.56. The Hall–Kier alpha value is -2.13. The van der Waals surface area contributed by atoms with Crippen molar-refractivity contribution in [1.29, 1.82) is 0 Å². The third kappa shape index (κ3) is 2.45. The first-order valence-corrected chi connectivity index (χ1v) is 6.96. The fraction of sp³-hybridized carbons (Fsp3) is 0.235. The Bertz CT molecular complexity index is 711. The van der Waals surface area contributed by atoms with Gasteiger partial charge in [0.15, 0.2) is 0 Å². The molecule has 3 rings (SSSR count). The van der Waals surface area contributed by atoms with Crippen LogP contribution in [0.5, 0.6) is 0 Å². The Morgan fingerprint density at radius 2 is 1.95 bits per heavy atom. The summed E-state index contributed by atoms with van der Waals surface area (Å²) in [6.07, 6.45) is 4.92. The van der Waals surface area contributed by atoms with Crippen LogP contribution in [0.25, 0.3) is 11.0 Å². The van der Waals surface area contributed by atoms with Crippen molar-refractivity contribution in [2.24, 2.45) is 5.73 Å². The van der Waals surface area contributed by atoms with Gasteiger partial charge in [0.2, 0.25) is 0 Å². The highest BCUT2D eigenvalue weighted by Crippen LogP contribution is 2.21. The van der Waals surface area contributed by atoms with Crippen LogP contribution in [0.15, 0.2) is 48.8 Å². The molecule has 3 heteroatoms. The van der Waals surface area contributed by atoms with Gasteiger partial charge >= 0.3 is 0 Å². The summed E-state index contributed by atoms with van der Waals surface area (Å²) in [4.78, 5) is 4.52. The molecule has 0 unspecified atom stereocenters. The normalized spacial score (nSPS) is 11.1. The molecule has 0 aliphatic heterocycles. The SMILES string of the molecule is Cc1ccc(Cn2cc(CCN)c3cccnc32)cc1. The molecule has 2 heterocycles. The maximum atomic E-state index is 5.70. The monoisotopic (exact) mass is 265 g/mol. The lowest BCUT2D eigenvalue weighted by Gasteiger charge is -2.05. The van der Waals surface area contributed by atoms with Crippen molar-refractivity contribution in [2.75, 3.05) is 6.54 Å². The van der Waals surface area contributed by atoms with E-state index in [0.29, 0.717) is 6.54 Å². The second-order valence-corrected chi connectivity index (χ2v) is 5.18. The number of benzene rings is 1. The number of hydrogen-bond donors (Lipinski definition) is 1. The van der Waals surface area contributed by atoms with Gasteiger partial charge in [0.05, 0.1) is 0 Å². The van der Waals surface area contributed by atoms with Crippen LogP contribution in [-0.2, 0) is 13.0 Å². The molecule has 0 saturated heterocycles. The number of nitrogens with zero attached hydrogens (tertiary/aromatic N) is 2. The number of rotatable bonds is 4. The molecule has 0 radical (unpaired) electrons. The van der Waals surface area contributed by atoms with Gasteiger partial charge < -0.3 is 10.3 Å². The Labute approximate surface area is 119 Å². The minimum Gasteiger partial charge on any atom is -0.330 e. The van der Waals surface area contributed by atoms with E-state index in [4.69, 9.17) is 5.73 Å². The number of hydrogen-bond acceptors (Lipinski definition) is 2. The molecule has 3 aromatic rings. The Morgan fingerprint density at radius 3 is 2.70 bits per heavy atom. The van der Waals surface area contributed by atoms with Gasteiger partial charge in [-0.1, -0.05) is 29.8 Å². The smallest absolute Gasteiger partial charge is 0.140 e. The molecule has 0 bridgehead atoms. The summed E-state index contributed by atoms with van der Waals surface area (Å²) in [5, 5.41) is 1.21. The van der Waals surface area contributed by atoms with E-state index >= 15 is 0 Å². The van der Waals surface area contributed by atoms with Crippen LogP contribution in [0, 0.1) is 6.92 Å². The quantitative estimate of drug-likeness (QED) is 0.788. The van der Waals surface area contributed by atoms with Gasteiger partial charge in [0.25, 0.3) is 0 Å². The van der Waals surface area contributed by atoms with Gasteiger partial charge in [0, 0.05) is 24.3 Å². The second-order valence-electron chi connectivity index (χ2n) is 5.18. The minimum absolute atomic E-state index is 0.665. The van der Waals surface area contributed by atoms with Gasteiger partial charge in [-0.25, -0.2) is 4.98 Å². The highest BCUT2D eigenvalue weighted by Gasteiger charge is 2.08. The van der Waals surface area contributed by atoms with E-state index in [9.17, 15) is 0 Å². The summed E-state index contributed by atoms with van der Waals surface area (Å²) in [5.41, 5.74) is 10.6. The van der Waals surface area contributed by atoms with Gasteiger partial charge in [0.1, 0.15) is 5.65 Å². The van der Waals surface area contributed by atoms with Crippen molar-refractivity contribution >= 4 is 11.0 Å². The van der Waals surface area contributed by atoms with Crippen LogP contribution < -0.4 is 5.73 Å². The first kappa shape index (κ1) is 12.9. The third-order valence-corrected chi connectivity index (χ3v) is 3.60. The zero-order valence-electron chi connectivity index (χ0n) is 11.7. The van der Waals surface area contributed by atoms with Crippen LogP contribution >= 0.6 is 0 Å². The lowest BCUT2D eigenvalue weighted by atomic mass is 10.1. The highest BCUT2D eigenvalue weighted by atomic mass is 15.0. The number of aryl methyl sites for hydroxylation is 1. The number of fused-ring (bicyclic) bond motifs is 1. The number of nitrogens with two attached hydrogens (primary N) is 1. The number of aromatic nitrogens is 2. The fourth-order valence-corrected chi connectivity index (χ4v) is 2.56. The summed E-state index contributed by atoms with van der Waals surface area (Å²) >= 11 is 0. The Balaban J connectivity index is 2.00. The summed E-state index contributed by atoms with van der Waals surface area (Å²) in [7, 11) is 0. The molecular formula is C17H19N3. The predicted molar refractivity (Wildman–Crippen MR) is 82.8 cm³/mol. The summed E-state index contributed by atoms with van der Waals surface area (Å²) in [5.74, 6) is 0. The van der Waals surface area contributed by atoms with E-state index in [1.165, 1.54) is 22.1 Å². The molecule has 0 atom stereocenters. The van der Waals surface area contributed by atoms with Crippen molar-refractivity contribution in [1.82, 2.24) is 9.55 Å². The summed E-state index contributed by atoms with van der Waals surface area (Å²) in [6, 6.07) is 12.8. The van der Waals surface area contributed by atoms with Crippen molar-refractivity contribution in [3.8, 4) is 0 Å².